The van der Waals surface area contributed by atoms with Crippen molar-refractivity contribution in [3.63, 3.8) is 0 Å². The number of likely N-dealkylation sites (N-methyl/N-ethyl adjacent to an activating group) is 1. The van der Waals surface area contributed by atoms with Crippen molar-refractivity contribution >= 4 is 0 Å². The lowest BCUT2D eigenvalue weighted by molar-refractivity contribution is 0.370. The fraction of sp³-hybridized carbons (Fsp3) is 0.700. The van der Waals surface area contributed by atoms with Gasteiger partial charge in [0.2, 0.25) is 0 Å². The summed E-state index contributed by atoms with van der Waals surface area (Å²) in [6, 6.07) is 0.0723. The van der Waals surface area contributed by atoms with Gasteiger partial charge in [0.15, 0.2) is 0 Å². The Morgan fingerprint density at radius 1 is 1.57 bits per heavy atom. The highest BCUT2D eigenvalue weighted by molar-refractivity contribution is 5.19. The van der Waals surface area contributed by atoms with Crippen molar-refractivity contribution in [3.05, 3.63) is 17.5 Å². The lowest BCUT2D eigenvalue weighted by Crippen LogP contribution is -2.19. The van der Waals surface area contributed by atoms with E-state index in [1.807, 2.05) is 17.8 Å². The molecule has 1 rings (SSSR count). The van der Waals surface area contributed by atoms with E-state index in [-0.39, 0.29) is 6.04 Å². The summed E-state index contributed by atoms with van der Waals surface area (Å²) in [6.07, 6.45) is 1.87. The zero-order valence-corrected chi connectivity index (χ0v) is 9.49. The molecule has 14 heavy (non-hydrogen) atoms. The van der Waals surface area contributed by atoms with E-state index in [2.05, 4.69) is 31.0 Å². The second-order valence-electron chi connectivity index (χ2n) is 4.00. The molecule has 1 aromatic rings. The topological polar surface area (TPSA) is 47.1 Å². The Kier molecular flexibility index (Phi) is 3.66. The third-order valence-corrected chi connectivity index (χ3v) is 2.39. The zero-order valence-electron chi connectivity index (χ0n) is 9.49. The smallest absolute Gasteiger partial charge is 0.0540 e. The minimum absolute atomic E-state index is 0.0723. The molecule has 0 aliphatic rings. The molecule has 4 nitrogen and oxygen atoms in total. The fourth-order valence-corrected chi connectivity index (χ4v) is 1.43. The maximum absolute atomic E-state index is 5.82. The van der Waals surface area contributed by atoms with Crippen LogP contribution in [0.5, 0.6) is 0 Å². The van der Waals surface area contributed by atoms with Gasteiger partial charge in [-0.2, -0.15) is 5.10 Å². The van der Waals surface area contributed by atoms with Crippen molar-refractivity contribution in [1.82, 2.24) is 14.7 Å². The van der Waals surface area contributed by atoms with Gasteiger partial charge in [0, 0.05) is 23.8 Å². The number of nitrogens with two attached hydrogens (primary N) is 1. The van der Waals surface area contributed by atoms with Gasteiger partial charge in [-0.3, -0.25) is 4.68 Å². The van der Waals surface area contributed by atoms with Gasteiger partial charge in [0.1, 0.15) is 0 Å². The quantitative estimate of drug-likeness (QED) is 0.774. The van der Waals surface area contributed by atoms with Crippen LogP contribution >= 0.6 is 0 Å². The van der Waals surface area contributed by atoms with E-state index in [1.165, 1.54) is 5.69 Å². The van der Waals surface area contributed by atoms with Crippen LogP contribution in [0.4, 0.5) is 0 Å². The molecule has 0 radical (unpaired) electrons. The van der Waals surface area contributed by atoms with Crippen LogP contribution in [-0.2, 0) is 6.54 Å². The summed E-state index contributed by atoms with van der Waals surface area (Å²) in [7, 11) is 4.12. The summed E-state index contributed by atoms with van der Waals surface area (Å²) < 4.78 is 2.01. The van der Waals surface area contributed by atoms with Gasteiger partial charge in [0.05, 0.1) is 12.7 Å². The lowest BCUT2D eigenvalue weighted by Gasteiger charge is -2.11. The van der Waals surface area contributed by atoms with Gasteiger partial charge in [-0.15, -0.1) is 0 Å². The first-order valence-corrected chi connectivity index (χ1v) is 4.95. The van der Waals surface area contributed by atoms with E-state index in [9.17, 15) is 0 Å². The average Bonchev–Trinajstić information content (AvgIpc) is 2.43. The van der Waals surface area contributed by atoms with Crippen LogP contribution < -0.4 is 5.73 Å². The summed E-state index contributed by atoms with van der Waals surface area (Å²) in [5.74, 6) is 0. The SMILES string of the molecule is Cc1c(C(C)N)cnn1CCN(C)C. The first-order chi connectivity index (χ1) is 6.52. The Bertz CT molecular complexity index is 288. The summed E-state index contributed by atoms with van der Waals surface area (Å²) in [5.41, 5.74) is 8.14. The maximum atomic E-state index is 5.82. The second kappa shape index (κ2) is 4.57. The molecular weight excluding hydrogens is 176 g/mol. The van der Waals surface area contributed by atoms with Crippen LogP contribution in [0.2, 0.25) is 0 Å². The molecule has 0 amide bonds. The maximum Gasteiger partial charge on any atom is 0.0540 e. The van der Waals surface area contributed by atoms with Gasteiger partial charge in [-0.1, -0.05) is 0 Å². The molecular formula is C10H20N4. The molecule has 0 saturated heterocycles. The molecule has 0 aliphatic heterocycles. The first kappa shape index (κ1) is 11.2. The van der Waals surface area contributed by atoms with Crippen LogP contribution in [0.25, 0.3) is 0 Å². The average molecular weight is 196 g/mol. The summed E-state index contributed by atoms with van der Waals surface area (Å²) >= 11 is 0. The molecule has 0 aromatic carbocycles. The molecule has 0 aliphatic carbocycles. The summed E-state index contributed by atoms with van der Waals surface area (Å²) in [6.45, 7) is 5.98. The Hall–Kier alpha value is -0.870. The van der Waals surface area contributed by atoms with Crippen molar-refractivity contribution in [2.24, 2.45) is 5.73 Å². The number of hydrogen-bond donors (Lipinski definition) is 1. The highest BCUT2D eigenvalue weighted by Crippen LogP contribution is 2.13. The van der Waals surface area contributed by atoms with E-state index < -0.39 is 0 Å². The third kappa shape index (κ3) is 2.56. The van der Waals surface area contributed by atoms with E-state index in [1.54, 1.807) is 0 Å². The van der Waals surface area contributed by atoms with Crippen molar-refractivity contribution in [2.45, 2.75) is 26.4 Å². The van der Waals surface area contributed by atoms with Crippen molar-refractivity contribution < 1.29 is 0 Å². The fourth-order valence-electron chi connectivity index (χ4n) is 1.43. The van der Waals surface area contributed by atoms with Crippen LogP contribution in [-0.4, -0.2) is 35.3 Å². The van der Waals surface area contributed by atoms with E-state index in [0.29, 0.717) is 0 Å². The normalized spacial score (nSPS) is 13.6. The second-order valence-corrected chi connectivity index (χ2v) is 4.00. The van der Waals surface area contributed by atoms with Crippen LogP contribution in [0.3, 0.4) is 0 Å². The van der Waals surface area contributed by atoms with Gasteiger partial charge in [-0.05, 0) is 27.9 Å². The highest BCUT2D eigenvalue weighted by atomic mass is 15.3. The first-order valence-electron chi connectivity index (χ1n) is 4.95. The van der Waals surface area contributed by atoms with Gasteiger partial charge < -0.3 is 10.6 Å². The molecule has 0 fully saturated rings. The lowest BCUT2D eigenvalue weighted by atomic mass is 10.1. The van der Waals surface area contributed by atoms with Gasteiger partial charge in [0.25, 0.3) is 0 Å². The monoisotopic (exact) mass is 196 g/mol. The molecule has 1 aromatic heterocycles. The van der Waals surface area contributed by atoms with Crippen molar-refractivity contribution in [2.75, 3.05) is 20.6 Å². The Morgan fingerprint density at radius 2 is 2.21 bits per heavy atom. The molecule has 2 N–H and O–H groups in total. The number of rotatable bonds is 4. The Morgan fingerprint density at radius 3 is 2.64 bits per heavy atom. The molecule has 1 unspecified atom stereocenters. The van der Waals surface area contributed by atoms with Crippen LogP contribution in [0, 0.1) is 6.92 Å². The highest BCUT2D eigenvalue weighted by Gasteiger charge is 2.09. The zero-order chi connectivity index (χ0) is 10.7. The molecule has 1 atom stereocenters. The number of nitrogens with zero attached hydrogens (tertiary/aromatic N) is 3. The van der Waals surface area contributed by atoms with E-state index in [0.717, 1.165) is 18.7 Å². The number of aromatic nitrogens is 2. The molecule has 0 spiro atoms. The molecule has 80 valence electrons. The molecule has 4 heteroatoms. The van der Waals surface area contributed by atoms with Gasteiger partial charge in [-0.25, -0.2) is 0 Å². The summed E-state index contributed by atoms with van der Waals surface area (Å²) in [5, 5.41) is 4.32. The van der Waals surface area contributed by atoms with Crippen molar-refractivity contribution in [1.29, 1.82) is 0 Å². The third-order valence-electron chi connectivity index (χ3n) is 2.39. The standard InChI is InChI=1S/C10H20N4/c1-8(11)10-7-12-14(9(10)2)6-5-13(3)4/h7-8H,5-6,11H2,1-4H3. The van der Waals surface area contributed by atoms with Crippen LogP contribution in [0.1, 0.15) is 24.2 Å². The predicted molar refractivity (Wildman–Crippen MR) is 58.1 cm³/mol. The van der Waals surface area contributed by atoms with Gasteiger partial charge >= 0.3 is 0 Å². The minimum atomic E-state index is 0.0723. The molecule has 0 bridgehead atoms. The molecule has 1 heterocycles. The minimum Gasteiger partial charge on any atom is -0.324 e. The largest absolute Gasteiger partial charge is 0.324 e. The predicted octanol–water partition coefficient (Wildman–Crippen LogP) is 0.773. The van der Waals surface area contributed by atoms with Crippen LogP contribution in [0.15, 0.2) is 6.20 Å². The van der Waals surface area contributed by atoms with E-state index in [4.69, 9.17) is 5.73 Å². The Labute approximate surface area is 85.7 Å². The number of hydrogen-bond acceptors (Lipinski definition) is 3. The van der Waals surface area contributed by atoms with Crippen molar-refractivity contribution in [3.8, 4) is 0 Å². The Balaban J connectivity index is 2.70. The summed E-state index contributed by atoms with van der Waals surface area (Å²) in [4.78, 5) is 2.15. The molecule has 0 saturated carbocycles. The van der Waals surface area contributed by atoms with E-state index >= 15 is 0 Å².